The van der Waals surface area contributed by atoms with Crippen LogP contribution < -0.4 is 4.74 Å². The van der Waals surface area contributed by atoms with Crippen molar-refractivity contribution in [3.05, 3.63) is 30.0 Å². The van der Waals surface area contributed by atoms with E-state index in [0.717, 1.165) is 0 Å². The number of rotatable bonds is 7. The molecule has 154 valence electrons. The van der Waals surface area contributed by atoms with Crippen LogP contribution >= 0.6 is 0 Å². The van der Waals surface area contributed by atoms with Crippen molar-refractivity contribution in [2.75, 3.05) is 13.2 Å². The van der Waals surface area contributed by atoms with Gasteiger partial charge in [0.2, 0.25) is 0 Å². The molecule has 0 unspecified atom stereocenters. The van der Waals surface area contributed by atoms with Gasteiger partial charge in [-0.3, -0.25) is 0 Å². The summed E-state index contributed by atoms with van der Waals surface area (Å²) in [7, 11) is 0. The first-order chi connectivity index (χ1) is 13.0. The maximum Gasteiger partial charge on any atom is 0.410 e. The van der Waals surface area contributed by atoms with Crippen LogP contribution in [0.2, 0.25) is 0 Å². The molecule has 0 bridgehead atoms. The number of amides is 1. The number of aliphatic hydroxyl groups excluding tert-OH is 1. The van der Waals surface area contributed by atoms with E-state index in [1.54, 1.807) is 39.0 Å². The smallest absolute Gasteiger partial charge is 0.410 e. The number of hydrogen-bond donors (Lipinski definition) is 3. The number of carbonyl (C=O) groups excluding carboxylic acids is 1. The molecule has 0 saturated carbocycles. The topological polar surface area (TPSA) is 112 Å². The zero-order valence-corrected chi connectivity index (χ0v) is 16.9. The molecule has 1 heterocycles. The molecular formula is C20H28N2O6. The standard InChI is InChI=1S/C20H28N2O6/c1-12(2)22(19(26)28-20(3,4)5)10-13(23)11-27-17-8-6-7-15-14(17)9-16(21-15)18(24)25/h6-9,12-13,21,23H,10-11H2,1-5H3,(H,24,25)/t13-/m1/s1. The molecule has 0 fully saturated rings. The summed E-state index contributed by atoms with van der Waals surface area (Å²) in [4.78, 5) is 27.7. The monoisotopic (exact) mass is 392 g/mol. The summed E-state index contributed by atoms with van der Waals surface area (Å²) in [5.41, 5.74) is 0.0572. The molecule has 0 aliphatic rings. The third-order valence-electron chi connectivity index (χ3n) is 3.94. The largest absolute Gasteiger partial charge is 0.490 e. The molecule has 1 atom stereocenters. The van der Waals surface area contributed by atoms with Crippen molar-refractivity contribution in [3.63, 3.8) is 0 Å². The van der Waals surface area contributed by atoms with Crippen LogP contribution in [0, 0.1) is 0 Å². The molecule has 3 N–H and O–H groups in total. The molecule has 1 amide bonds. The zero-order valence-electron chi connectivity index (χ0n) is 16.9. The molecule has 8 nitrogen and oxygen atoms in total. The van der Waals surface area contributed by atoms with Gasteiger partial charge in [0.25, 0.3) is 0 Å². The fourth-order valence-corrected chi connectivity index (χ4v) is 2.65. The number of H-pyrrole nitrogens is 1. The number of carbonyl (C=O) groups is 2. The van der Waals surface area contributed by atoms with E-state index in [1.165, 1.54) is 11.0 Å². The Hall–Kier alpha value is -2.74. The Labute approximate surface area is 164 Å². The van der Waals surface area contributed by atoms with Crippen LogP contribution in [0.15, 0.2) is 24.3 Å². The van der Waals surface area contributed by atoms with Crippen LogP contribution in [-0.2, 0) is 4.74 Å². The summed E-state index contributed by atoms with van der Waals surface area (Å²) in [5.74, 6) is -0.610. The van der Waals surface area contributed by atoms with Crippen molar-refractivity contribution in [3.8, 4) is 5.75 Å². The van der Waals surface area contributed by atoms with Crippen molar-refractivity contribution in [1.29, 1.82) is 0 Å². The Kier molecular flexibility index (Phi) is 6.56. The van der Waals surface area contributed by atoms with Crippen LogP contribution in [0.4, 0.5) is 4.79 Å². The Balaban J connectivity index is 2.04. The van der Waals surface area contributed by atoms with E-state index in [2.05, 4.69) is 4.98 Å². The van der Waals surface area contributed by atoms with E-state index in [4.69, 9.17) is 14.6 Å². The fraction of sp³-hybridized carbons (Fsp3) is 0.500. The summed E-state index contributed by atoms with van der Waals surface area (Å²) in [6.45, 7) is 9.02. The zero-order chi connectivity index (χ0) is 21.1. The van der Waals surface area contributed by atoms with E-state index in [1.807, 2.05) is 13.8 Å². The molecule has 0 spiro atoms. The summed E-state index contributed by atoms with van der Waals surface area (Å²) < 4.78 is 11.1. The summed E-state index contributed by atoms with van der Waals surface area (Å²) in [6.07, 6.45) is -1.44. The molecule has 28 heavy (non-hydrogen) atoms. The van der Waals surface area contributed by atoms with Crippen molar-refractivity contribution in [1.82, 2.24) is 9.88 Å². The second-order valence-electron chi connectivity index (χ2n) is 7.90. The highest BCUT2D eigenvalue weighted by molar-refractivity contribution is 5.96. The second-order valence-corrected chi connectivity index (χ2v) is 7.90. The number of carboxylic acids is 1. The maximum atomic E-state index is 12.3. The van der Waals surface area contributed by atoms with Gasteiger partial charge in [-0.15, -0.1) is 0 Å². The lowest BCUT2D eigenvalue weighted by molar-refractivity contribution is 0.00195. The van der Waals surface area contributed by atoms with Crippen LogP contribution in [0.5, 0.6) is 5.75 Å². The van der Waals surface area contributed by atoms with Crippen LogP contribution in [0.3, 0.4) is 0 Å². The van der Waals surface area contributed by atoms with Gasteiger partial charge in [0, 0.05) is 16.9 Å². The molecule has 8 heteroatoms. The number of aromatic amines is 1. The van der Waals surface area contributed by atoms with Crippen molar-refractivity contribution < 1.29 is 29.3 Å². The molecule has 0 saturated heterocycles. The van der Waals surface area contributed by atoms with Crippen LogP contribution in [0.25, 0.3) is 10.9 Å². The number of aromatic carboxylic acids is 1. The van der Waals surface area contributed by atoms with Crippen LogP contribution in [-0.4, -0.2) is 63.1 Å². The number of aliphatic hydroxyl groups is 1. The highest BCUT2D eigenvalue weighted by atomic mass is 16.6. The fourth-order valence-electron chi connectivity index (χ4n) is 2.65. The molecule has 2 aromatic rings. The summed E-state index contributed by atoms with van der Waals surface area (Å²) in [6, 6.07) is 6.50. The molecule has 0 aliphatic heterocycles. The van der Waals surface area contributed by atoms with Gasteiger partial charge in [0.1, 0.15) is 29.8 Å². The Bertz CT molecular complexity index is 837. The SMILES string of the molecule is CC(C)N(C[C@@H](O)COc1cccc2[nH]c(C(=O)O)cc12)C(=O)OC(C)(C)C. The van der Waals surface area contributed by atoms with Gasteiger partial charge in [-0.1, -0.05) is 6.07 Å². The number of aromatic nitrogens is 1. The van der Waals surface area contributed by atoms with Gasteiger partial charge in [0.15, 0.2) is 0 Å². The first kappa shape index (κ1) is 21.6. The number of nitrogens with one attached hydrogen (secondary N) is 1. The maximum absolute atomic E-state index is 12.3. The van der Waals surface area contributed by atoms with Gasteiger partial charge < -0.3 is 29.6 Å². The van der Waals surface area contributed by atoms with Crippen molar-refractivity contribution in [2.45, 2.75) is 52.4 Å². The Morgan fingerprint density at radius 1 is 1.25 bits per heavy atom. The minimum Gasteiger partial charge on any atom is -0.490 e. The minimum absolute atomic E-state index is 0.0517. The second kappa shape index (κ2) is 8.52. The van der Waals surface area contributed by atoms with Gasteiger partial charge >= 0.3 is 12.1 Å². The van der Waals surface area contributed by atoms with Gasteiger partial charge in [-0.25, -0.2) is 9.59 Å². The quantitative estimate of drug-likeness (QED) is 0.667. The molecule has 0 radical (unpaired) electrons. The Morgan fingerprint density at radius 2 is 1.93 bits per heavy atom. The number of benzene rings is 1. The van der Waals surface area contributed by atoms with E-state index >= 15 is 0 Å². The number of hydrogen-bond acceptors (Lipinski definition) is 5. The number of fused-ring (bicyclic) bond motifs is 1. The minimum atomic E-state index is -1.06. The van der Waals surface area contributed by atoms with E-state index in [9.17, 15) is 14.7 Å². The predicted octanol–water partition coefficient (Wildman–Crippen LogP) is 3.25. The first-order valence-corrected chi connectivity index (χ1v) is 9.13. The van der Waals surface area contributed by atoms with Crippen molar-refractivity contribution >= 4 is 23.0 Å². The van der Waals surface area contributed by atoms with Gasteiger partial charge in [-0.2, -0.15) is 0 Å². The lowest BCUT2D eigenvalue weighted by Gasteiger charge is -2.31. The number of nitrogens with zero attached hydrogens (tertiary/aromatic N) is 1. The van der Waals surface area contributed by atoms with Crippen LogP contribution in [0.1, 0.15) is 45.1 Å². The number of ether oxygens (including phenoxy) is 2. The first-order valence-electron chi connectivity index (χ1n) is 9.13. The van der Waals surface area contributed by atoms with Gasteiger partial charge in [0.05, 0.1) is 6.54 Å². The normalized spacial score (nSPS) is 12.8. The predicted molar refractivity (Wildman–Crippen MR) is 105 cm³/mol. The number of carboxylic acid groups (broad SMARTS) is 1. The third kappa shape index (κ3) is 5.63. The molecule has 0 aliphatic carbocycles. The molecule has 1 aromatic heterocycles. The van der Waals surface area contributed by atoms with E-state index in [0.29, 0.717) is 16.7 Å². The molecule has 1 aromatic carbocycles. The highest BCUT2D eigenvalue weighted by Crippen LogP contribution is 2.26. The third-order valence-corrected chi connectivity index (χ3v) is 3.94. The lowest BCUT2D eigenvalue weighted by atomic mass is 10.2. The Morgan fingerprint density at radius 3 is 2.50 bits per heavy atom. The lowest BCUT2D eigenvalue weighted by Crippen LogP contribution is -2.46. The van der Waals surface area contributed by atoms with Gasteiger partial charge in [-0.05, 0) is 52.8 Å². The van der Waals surface area contributed by atoms with Crippen molar-refractivity contribution in [2.24, 2.45) is 0 Å². The molecular weight excluding hydrogens is 364 g/mol. The van der Waals surface area contributed by atoms with E-state index in [-0.39, 0.29) is 24.9 Å². The molecule has 2 rings (SSSR count). The average molecular weight is 392 g/mol. The average Bonchev–Trinajstić information content (AvgIpc) is 3.01. The summed E-state index contributed by atoms with van der Waals surface area (Å²) >= 11 is 0. The highest BCUT2D eigenvalue weighted by Gasteiger charge is 2.26. The van der Waals surface area contributed by atoms with E-state index < -0.39 is 23.8 Å². The summed E-state index contributed by atoms with van der Waals surface area (Å²) in [5, 5.41) is 20.1.